The molecule has 5 heteroatoms. The van der Waals surface area contributed by atoms with E-state index in [0.29, 0.717) is 16.3 Å². The van der Waals surface area contributed by atoms with Gasteiger partial charge in [0.1, 0.15) is 0 Å². The van der Waals surface area contributed by atoms with Crippen LogP contribution in [0.5, 0.6) is 0 Å². The van der Waals surface area contributed by atoms with E-state index in [2.05, 4.69) is 20.9 Å². The molecule has 0 aliphatic heterocycles. The number of hydrogen-bond acceptors (Lipinski definition) is 3. The molecule has 1 aromatic heterocycles. The Balaban J connectivity index is 2.21. The van der Waals surface area contributed by atoms with Gasteiger partial charge in [-0.15, -0.1) is 0 Å². The SMILES string of the molecule is Nc1cc(Br)ccc1S(=O)Cc1cccnc1. The summed E-state index contributed by atoms with van der Waals surface area (Å²) in [7, 11) is -1.14. The Morgan fingerprint density at radius 2 is 2.18 bits per heavy atom. The van der Waals surface area contributed by atoms with Crippen molar-refractivity contribution in [3.05, 3.63) is 52.8 Å². The van der Waals surface area contributed by atoms with Gasteiger partial charge in [-0.1, -0.05) is 22.0 Å². The number of nitrogens with two attached hydrogens (primary N) is 1. The van der Waals surface area contributed by atoms with E-state index in [9.17, 15) is 4.21 Å². The van der Waals surface area contributed by atoms with Crippen LogP contribution in [0.15, 0.2) is 52.1 Å². The van der Waals surface area contributed by atoms with Crippen molar-refractivity contribution in [1.82, 2.24) is 4.98 Å². The normalized spacial score (nSPS) is 12.3. The molecule has 1 unspecified atom stereocenters. The lowest BCUT2D eigenvalue weighted by Crippen LogP contribution is -2.01. The smallest absolute Gasteiger partial charge is 0.0621 e. The molecule has 0 bridgehead atoms. The molecule has 2 N–H and O–H groups in total. The predicted octanol–water partition coefficient (Wildman–Crippen LogP) is 2.73. The lowest BCUT2D eigenvalue weighted by molar-refractivity contribution is 0.683. The van der Waals surface area contributed by atoms with Crippen molar-refractivity contribution in [2.75, 3.05) is 5.73 Å². The first-order valence-electron chi connectivity index (χ1n) is 4.99. The van der Waals surface area contributed by atoms with Crippen LogP contribution in [0.2, 0.25) is 0 Å². The van der Waals surface area contributed by atoms with Crippen LogP contribution in [0, 0.1) is 0 Å². The Labute approximate surface area is 111 Å². The fourth-order valence-corrected chi connectivity index (χ4v) is 2.99. The summed E-state index contributed by atoms with van der Waals surface area (Å²) in [5.74, 6) is 0.430. The van der Waals surface area contributed by atoms with E-state index in [4.69, 9.17) is 5.73 Å². The monoisotopic (exact) mass is 310 g/mol. The second-order valence-electron chi connectivity index (χ2n) is 3.53. The maximum atomic E-state index is 12.1. The van der Waals surface area contributed by atoms with Gasteiger partial charge in [-0.05, 0) is 29.8 Å². The van der Waals surface area contributed by atoms with E-state index in [-0.39, 0.29) is 0 Å². The first kappa shape index (κ1) is 12.3. The van der Waals surface area contributed by atoms with Gasteiger partial charge in [0.25, 0.3) is 0 Å². The lowest BCUT2D eigenvalue weighted by atomic mass is 10.3. The number of hydrogen-bond donors (Lipinski definition) is 1. The molecule has 0 amide bonds. The molecular weight excluding hydrogens is 300 g/mol. The highest BCUT2D eigenvalue weighted by molar-refractivity contribution is 9.10. The van der Waals surface area contributed by atoms with Gasteiger partial charge < -0.3 is 5.73 Å². The summed E-state index contributed by atoms with van der Waals surface area (Å²) in [4.78, 5) is 4.66. The van der Waals surface area contributed by atoms with Crippen molar-refractivity contribution >= 4 is 32.4 Å². The van der Waals surface area contributed by atoms with E-state index < -0.39 is 10.8 Å². The molecule has 17 heavy (non-hydrogen) atoms. The van der Waals surface area contributed by atoms with Gasteiger partial charge in [-0.2, -0.15) is 0 Å². The van der Waals surface area contributed by atoms with Crippen LogP contribution in [0.1, 0.15) is 5.56 Å². The predicted molar refractivity (Wildman–Crippen MR) is 72.9 cm³/mol. The van der Waals surface area contributed by atoms with Gasteiger partial charge in [0.15, 0.2) is 0 Å². The molecule has 88 valence electrons. The van der Waals surface area contributed by atoms with Gasteiger partial charge in [0, 0.05) is 22.6 Å². The van der Waals surface area contributed by atoms with Crippen LogP contribution in [-0.4, -0.2) is 9.19 Å². The summed E-state index contributed by atoms with van der Waals surface area (Å²) < 4.78 is 13.0. The van der Waals surface area contributed by atoms with Crippen molar-refractivity contribution in [3.63, 3.8) is 0 Å². The lowest BCUT2D eigenvalue weighted by Gasteiger charge is -2.06. The van der Waals surface area contributed by atoms with Crippen LogP contribution >= 0.6 is 15.9 Å². The summed E-state index contributed by atoms with van der Waals surface area (Å²) in [6.45, 7) is 0. The number of nitrogens with zero attached hydrogens (tertiary/aromatic N) is 1. The molecule has 3 nitrogen and oxygen atoms in total. The van der Waals surface area contributed by atoms with E-state index in [1.165, 1.54) is 0 Å². The molecule has 0 aliphatic carbocycles. The van der Waals surface area contributed by atoms with Crippen molar-refractivity contribution in [1.29, 1.82) is 0 Å². The molecule has 0 fully saturated rings. The Morgan fingerprint density at radius 1 is 1.35 bits per heavy atom. The van der Waals surface area contributed by atoms with Crippen LogP contribution in [0.3, 0.4) is 0 Å². The van der Waals surface area contributed by atoms with Crippen molar-refractivity contribution in [3.8, 4) is 0 Å². The fourth-order valence-electron chi connectivity index (χ4n) is 1.44. The minimum atomic E-state index is -1.14. The Kier molecular flexibility index (Phi) is 3.91. The van der Waals surface area contributed by atoms with Gasteiger partial charge >= 0.3 is 0 Å². The van der Waals surface area contributed by atoms with E-state index in [0.717, 1.165) is 10.0 Å². The number of rotatable bonds is 3. The minimum absolute atomic E-state index is 0.430. The van der Waals surface area contributed by atoms with Crippen molar-refractivity contribution in [2.45, 2.75) is 10.6 Å². The van der Waals surface area contributed by atoms with Crippen LogP contribution in [0.25, 0.3) is 0 Å². The van der Waals surface area contributed by atoms with Crippen molar-refractivity contribution < 1.29 is 4.21 Å². The number of aromatic nitrogens is 1. The topological polar surface area (TPSA) is 56.0 Å². The standard InChI is InChI=1S/C12H11BrN2OS/c13-10-3-4-12(11(14)6-10)17(16)8-9-2-1-5-15-7-9/h1-7H,8,14H2. The van der Waals surface area contributed by atoms with Gasteiger partial charge in [0.05, 0.1) is 21.4 Å². The molecule has 0 saturated carbocycles. The zero-order valence-electron chi connectivity index (χ0n) is 8.97. The van der Waals surface area contributed by atoms with Crippen LogP contribution < -0.4 is 5.73 Å². The van der Waals surface area contributed by atoms with Crippen molar-refractivity contribution in [2.24, 2.45) is 0 Å². The Hall–Kier alpha value is -1.20. The molecular formula is C12H11BrN2OS. The average Bonchev–Trinajstić information content (AvgIpc) is 2.30. The highest BCUT2D eigenvalue weighted by Crippen LogP contribution is 2.23. The van der Waals surface area contributed by atoms with E-state index in [1.807, 2.05) is 18.2 Å². The highest BCUT2D eigenvalue weighted by atomic mass is 79.9. The summed E-state index contributed by atoms with van der Waals surface area (Å²) in [6.07, 6.45) is 3.41. The zero-order chi connectivity index (χ0) is 12.3. The second kappa shape index (κ2) is 5.42. The molecule has 1 aromatic carbocycles. The third-order valence-corrected chi connectivity index (χ3v) is 4.19. The maximum Gasteiger partial charge on any atom is 0.0621 e. The van der Waals surface area contributed by atoms with E-state index >= 15 is 0 Å². The molecule has 1 atom stereocenters. The van der Waals surface area contributed by atoms with E-state index in [1.54, 1.807) is 24.5 Å². The second-order valence-corrected chi connectivity index (χ2v) is 5.87. The third kappa shape index (κ3) is 3.14. The highest BCUT2D eigenvalue weighted by Gasteiger charge is 2.09. The van der Waals surface area contributed by atoms with Gasteiger partial charge in [-0.25, -0.2) is 0 Å². The average molecular weight is 311 g/mol. The summed E-state index contributed by atoms with van der Waals surface area (Å²) in [6, 6.07) is 9.12. The third-order valence-electron chi connectivity index (χ3n) is 2.24. The number of halogens is 1. The first-order valence-corrected chi connectivity index (χ1v) is 7.10. The summed E-state index contributed by atoms with van der Waals surface area (Å²) in [5.41, 5.74) is 7.32. The zero-order valence-corrected chi connectivity index (χ0v) is 11.4. The number of benzene rings is 1. The Bertz CT molecular complexity index is 545. The van der Waals surface area contributed by atoms with Gasteiger partial charge in [-0.3, -0.25) is 9.19 Å². The minimum Gasteiger partial charge on any atom is -0.398 e. The molecule has 2 aromatic rings. The van der Waals surface area contributed by atoms with Crippen LogP contribution in [0.4, 0.5) is 5.69 Å². The Morgan fingerprint density at radius 3 is 2.82 bits per heavy atom. The molecule has 1 heterocycles. The quantitative estimate of drug-likeness (QED) is 0.887. The maximum absolute atomic E-state index is 12.1. The number of nitrogen functional groups attached to an aromatic ring is 1. The van der Waals surface area contributed by atoms with Gasteiger partial charge in [0.2, 0.25) is 0 Å². The summed E-state index contributed by atoms with van der Waals surface area (Å²) in [5, 5.41) is 0. The molecule has 0 spiro atoms. The molecule has 2 rings (SSSR count). The number of pyridine rings is 1. The molecule has 0 saturated heterocycles. The number of anilines is 1. The molecule has 0 aliphatic rings. The largest absolute Gasteiger partial charge is 0.398 e. The molecule has 0 radical (unpaired) electrons. The first-order chi connectivity index (χ1) is 8.16. The fraction of sp³-hybridized carbons (Fsp3) is 0.0833. The van der Waals surface area contributed by atoms with Crippen LogP contribution in [-0.2, 0) is 16.6 Å². The summed E-state index contributed by atoms with van der Waals surface area (Å²) >= 11 is 3.32.